The predicted molar refractivity (Wildman–Crippen MR) is 56.4 cm³/mol. The molecule has 1 aromatic carbocycles. The van der Waals surface area contributed by atoms with Crippen molar-refractivity contribution >= 4 is 15.9 Å². The molecule has 1 aromatic rings. The standard InChI is InChI=1S/C11H12BrFO/c1-2-7-6-11(7,14)9-5-8(12)3-4-10(9)13/h3-5,7,14H,2,6H2,1H3. The molecule has 2 unspecified atom stereocenters. The first-order valence-electron chi connectivity index (χ1n) is 4.76. The van der Waals surface area contributed by atoms with E-state index in [1.165, 1.54) is 6.07 Å². The van der Waals surface area contributed by atoms with E-state index in [1.54, 1.807) is 12.1 Å². The Hall–Kier alpha value is -0.410. The molecular formula is C11H12BrFO. The lowest BCUT2D eigenvalue weighted by atomic mass is 10.0. The molecule has 1 fully saturated rings. The zero-order valence-electron chi connectivity index (χ0n) is 7.93. The molecule has 2 rings (SSSR count). The Labute approximate surface area is 91.1 Å². The van der Waals surface area contributed by atoms with E-state index in [0.717, 1.165) is 10.9 Å². The third kappa shape index (κ3) is 1.48. The highest BCUT2D eigenvalue weighted by Crippen LogP contribution is 2.54. The van der Waals surface area contributed by atoms with Crippen LogP contribution in [0.3, 0.4) is 0 Å². The topological polar surface area (TPSA) is 20.2 Å². The van der Waals surface area contributed by atoms with Crippen LogP contribution < -0.4 is 0 Å². The molecule has 0 radical (unpaired) electrons. The molecule has 0 aromatic heterocycles. The summed E-state index contributed by atoms with van der Waals surface area (Å²) in [5, 5.41) is 10.1. The summed E-state index contributed by atoms with van der Waals surface area (Å²) < 4.78 is 14.2. The average molecular weight is 259 g/mol. The van der Waals surface area contributed by atoms with Gasteiger partial charge in [-0.3, -0.25) is 0 Å². The summed E-state index contributed by atoms with van der Waals surface area (Å²) in [5.74, 6) is -0.0991. The average Bonchev–Trinajstić information content (AvgIpc) is 2.83. The van der Waals surface area contributed by atoms with E-state index in [1.807, 2.05) is 6.92 Å². The van der Waals surface area contributed by atoms with Crippen molar-refractivity contribution in [1.82, 2.24) is 0 Å². The van der Waals surface area contributed by atoms with E-state index in [2.05, 4.69) is 15.9 Å². The molecule has 0 heterocycles. The summed E-state index contributed by atoms with van der Waals surface area (Å²) >= 11 is 3.28. The first-order valence-corrected chi connectivity index (χ1v) is 5.55. The molecule has 0 spiro atoms. The van der Waals surface area contributed by atoms with Crippen molar-refractivity contribution in [2.75, 3.05) is 0 Å². The van der Waals surface area contributed by atoms with E-state index in [4.69, 9.17) is 0 Å². The van der Waals surface area contributed by atoms with E-state index in [-0.39, 0.29) is 11.7 Å². The minimum absolute atomic E-state index is 0.214. The van der Waals surface area contributed by atoms with Crippen LogP contribution in [0.5, 0.6) is 0 Å². The Morgan fingerprint density at radius 3 is 2.93 bits per heavy atom. The van der Waals surface area contributed by atoms with Gasteiger partial charge < -0.3 is 5.11 Å². The van der Waals surface area contributed by atoms with Crippen LogP contribution in [0.15, 0.2) is 22.7 Å². The van der Waals surface area contributed by atoms with Crippen LogP contribution in [0.4, 0.5) is 4.39 Å². The van der Waals surface area contributed by atoms with Gasteiger partial charge in [-0.25, -0.2) is 4.39 Å². The molecule has 76 valence electrons. The second-order valence-corrected chi connectivity index (χ2v) is 4.77. The Bertz CT molecular complexity index is 366. The Morgan fingerprint density at radius 2 is 2.36 bits per heavy atom. The van der Waals surface area contributed by atoms with Crippen molar-refractivity contribution < 1.29 is 9.50 Å². The van der Waals surface area contributed by atoms with Gasteiger partial charge in [0.25, 0.3) is 0 Å². The van der Waals surface area contributed by atoms with Crippen molar-refractivity contribution in [3.63, 3.8) is 0 Å². The van der Waals surface area contributed by atoms with Crippen molar-refractivity contribution in [3.8, 4) is 0 Å². The van der Waals surface area contributed by atoms with E-state index in [0.29, 0.717) is 12.0 Å². The van der Waals surface area contributed by atoms with Gasteiger partial charge in [-0.05, 0) is 30.5 Å². The summed E-state index contributed by atoms with van der Waals surface area (Å²) in [5.41, 5.74) is -0.485. The molecule has 2 atom stereocenters. The van der Waals surface area contributed by atoms with Crippen molar-refractivity contribution in [3.05, 3.63) is 34.1 Å². The Kier molecular flexibility index (Phi) is 2.40. The number of aliphatic hydroxyl groups is 1. The monoisotopic (exact) mass is 258 g/mol. The quantitative estimate of drug-likeness (QED) is 0.864. The summed E-state index contributed by atoms with van der Waals surface area (Å²) in [6.45, 7) is 2.01. The predicted octanol–water partition coefficient (Wildman–Crippen LogP) is 3.21. The van der Waals surface area contributed by atoms with E-state index < -0.39 is 5.60 Å². The SMILES string of the molecule is CCC1CC1(O)c1cc(Br)ccc1F. The second kappa shape index (κ2) is 3.31. The van der Waals surface area contributed by atoms with Crippen LogP contribution in [0.2, 0.25) is 0 Å². The van der Waals surface area contributed by atoms with Crippen molar-refractivity contribution in [1.29, 1.82) is 0 Å². The molecule has 14 heavy (non-hydrogen) atoms. The first kappa shape index (κ1) is 10.1. The number of hydrogen-bond donors (Lipinski definition) is 1. The van der Waals surface area contributed by atoms with Crippen LogP contribution in [0, 0.1) is 11.7 Å². The fourth-order valence-electron chi connectivity index (χ4n) is 1.96. The van der Waals surface area contributed by atoms with E-state index >= 15 is 0 Å². The molecule has 1 nitrogen and oxygen atoms in total. The lowest BCUT2D eigenvalue weighted by Crippen LogP contribution is -2.10. The molecule has 0 saturated heterocycles. The van der Waals surface area contributed by atoms with Gasteiger partial charge in [-0.1, -0.05) is 29.3 Å². The summed E-state index contributed by atoms with van der Waals surface area (Å²) in [7, 11) is 0. The van der Waals surface area contributed by atoms with Gasteiger partial charge in [0.05, 0.1) is 5.60 Å². The maximum absolute atomic E-state index is 13.4. The van der Waals surface area contributed by atoms with Gasteiger partial charge in [0.2, 0.25) is 0 Å². The largest absolute Gasteiger partial charge is 0.385 e. The molecule has 1 N–H and O–H groups in total. The maximum atomic E-state index is 13.4. The maximum Gasteiger partial charge on any atom is 0.129 e. The third-order valence-electron chi connectivity index (χ3n) is 2.96. The van der Waals surface area contributed by atoms with Gasteiger partial charge in [0.15, 0.2) is 0 Å². The fourth-order valence-corrected chi connectivity index (χ4v) is 2.32. The smallest absolute Gasteiger partial charge is 0.129 e. The molecule has 1 aliphatic rings. The van der Waals surface area contributed by atoms with Crippen LogP contribution in [-0.4, -0.2) is 5.11 Å². The van der Waals surface area contributed by atoms with Gasteiger partial charge in [0.1, 0.15) is 5.82 Å². The zero-order chi connectivity index (χ0) is 10.3. The second-order valence-electron chi connectivity index (χ2n) is 3.86. The molecular weight excluding hydrogens is 247 g/mol. The number of hydrogen-bond acceptors (Lipinski definition) is 1. The number of rotatable bonds is 2. The van der Waals surface area contributed by atoms with E-state index in [9.17, 15) is 9.50 Å². The van der Waals surface area contributed by atoms with Crippen LogP contribution in [0.1, 0.15) is 25.3 Å². The highest BCUT2D eigenvalue weighted by molar-refractivity contribution is 9.10. The Balaban J connectivity index is 2.38. The molecule has 0 bridgehead atoms. The lowest BCUT2D eigenvalue weighted by molar-refractivity contribution is 0.126. The molecule has 0 amide bonds. The van der Waals surface area contributed by atoms with Crippen LogP contribution in [0.25, 0.3) is 0 Å². The van der Waals surface area contributed by atoms with Gasteiger partial charge in [0, 0.05) is 10.0 Å². The highest BCUT2D eigenvalue weighted by atomic mass is 79.9. The van der Waals surface area contributed by atoms with Gasteiger partial charge in [-0.2, -0.15) is 0 Å². The van der Waals surface area contributed by atoms with Gasteiger partial charge in [-0.15, -0.1) is 0 Å². The van der Waals surface area contributed by atoms with Gasteiger partial charge >= 0.3 is 0 Å². The van der Waals surface area contributed by atoms with Crippen LogP contribution >= 0.6 is 15.9 Å². The summed E-state index contributed by atoms with van der Waals surface area (Å²) in [6, 6.07) is 4.71. The lowest BCUT2D eigenvalue weighted by Gasteiger charge is -2.11. The first-order chi connectivity index (χ1) is 6.58. The van der Waals surface area contributed by atoms with Crippen molar-refractivity contribution in [2.24, 2.45) is 5.92 Å². The molecule has 1 saturated carbocycles. The highest BCUT2D eigenvalue weighted by Gasteiger charge is 2.54. The number of halogens is 2. The third-order valence-corrected chi connectivity index (χ3v) is 3.45. The Morgan fingerprint density at radius 1 is 1.64 bits per heavy atom. The van der Waals surface area contributed by atoms with Crippen LogP contribution in [-0.2, 0) is 5.60 Å². The molecule has 3 heteroatoms. The minimum Gasteiger partial charge on any atom is -0.385 e. The number of benzene rings is 1. The molecule has 1 aliphatic carbocycles. The normalized spacial score (nSPS) is 30.4. The van der Waals surface area contributed by atoms with Crippen molar-refractivity contribution in [2.45, 2.75) is 25.4 Å². The molecule has 0 aliphatic heterocycles. The minimum atomic E-state index is -0.914. The summed E-state index contributed by atoms with van der Waals surface area (Å²) in [4.78, 5) is 0. The summed E-state index contributed by atoms with van der Waals surface area (Å²) in [6.07, 6.45) is 1.57. The fraction of sp³-hybridized carbons (Fsp3) is 0.455. The zero-order valence-corrected chi connectivity index (χ0v) is 9.51.